The molecule has 0 spiro atoms. The SMILES string of the molecule is CC1=CC=C[CH]1[Co][CH]1C=CC=C1. The molecule has 0 heterocycles. The first kappa shape index (κ1) is 8.08. The van der Waals surface area contributed by atoms with Crippen LogP contribution in [-0.2, 0) is 14.7 Å². The molecule has 0 aromatic heterocycles. The summed E-state index contributed by atoms with van der Waals surface area (Å²) in [5.41, 5.74) is 1.49. The summed E-state index contributed by atoms with van der Waals surface area (Å²) in [6, 6.07) is 0. The van der Waals surface area contributed by atoms with Gasteiger partial charge >= 0.3 is 79.4 Å². The first-order chi connectivity index (χ1) is 5.86. The van der Waals surface area contributed by atoms with Crippen LogP contribution in [0.2, 0.25) is 9.70 Å². The van der Waals surface area contributed by atoms with Gasteiger partial charge in [-0.15, -0.1) is 0 Å². The van der Waals surface area contributed by atoms with E-state index in [2.05, 4.69) is 49.5 Å². The maximum atomic E-state index is 2.29. The van der Waals surface area contributed by atoms with Gasteiger partial charge in [-0.1, -0.05) is 0 Å². The van der Waals surface area contributed by atoms with Crippen molar-refractivity contribution in [3.63, 3.8) is 0 Å². The molecular weight excluding hydrogens is 191 g/mol. The van der Waals surface area contributed by atoms with Crippen LogP contribution in [0.15, 0.2) is 48.1 Å². The van der Waals surface area contributed by atoms with Gasteiger partial charge in [-0.05, 0) is 0 Å². The van der Waals surface area contributed by atoms with Crippen molar-refractivity contribution >= 4 is 0 Å². The molecule has 0 aromatic rings. The molecule has 65 valence electrons. The minimum atomic E-state index is 0.636. The fourth-order valence-electron chi connectivity index (χ4n) is 1.27. The van der Waals surface area contributed by atoms with Crippen LogP contribution in [0.5, 0.6) is 0 Å². The van der Waals surface area contributed by atoms with Gasteiger partial charge in [0.05, 0.1) is 0 Å². The van der Waals surface area contributed by atoms with Crippen molar-refractivity contribution in [3.05, 3.63) is 48.1 Å². The fraction of sp³-hybridized carbons (Fsp3) is 0.273. The zero-order chi connectivity index (χ0) is 8.39. The molecule has 1 heteroatoms. The van der Waals surface area contributed by atoms with E-state index in [0.717, 1.165) is 0 Å². The number of hydrogen-bond donors (Lipinski definition) is 0. The standard InChI is InChI=1S/C6H7.C5H5.Co/c1-6-4-2-3-5-6;1-2-4-5-3-1;/h2-5H,1H3;1-5H;. The van der Waals surface area contributed by atoms with Crippen molar-refractivity contribution in [3.8, 4) is 0 Å². The number of hydrogen-bond acceptors (Lipinski definition) is 0. The molecule has 0 nitrogen and oxygen atoms in total. The third-order valence-corrected chi connectivity index (χ3v) is 3.83. The summed E-state index contributed by atoms with van der Waals surface area (Å²) in [5, 5.41) is 0. The Hall–Kier alpha value is -0.534. The molecule has 0 radical (unpaired) electrons. The third-order valence-electron chi connectivity index (χ3n) is 1.98. The van der Waals surface area contributed by atoms with Gasteiger partial charge in [-0.25, -0.2) is 0 Å². The molecule has 12 heavy (non-hydrogen) atoms. The molecule has 2 rings (SSSR count). The van der Waals surface area contributed by atoms with Crippen LogP contribution in [0, 0.1) is 0 Å². The predicted octanol–water partition coefficient (Wildman–Crippen LogP) is 3.29. The molecule has 2 aliphatic rings. The molecule has 0 bridgehead atoms. The van der Waals surface area contributed by atoms with Crippen LogP contribution in [-0.4, -0.2) is 0 Å². The molecule has 0 saturated carbocycles. The van der Waals surface area contributed by atoms with Crippen molar-refractivity contribution in [2.45, 2.75) is 16.6 Å². The summed E-state index contributed by atoms with van der Waals surface area (Å²) in [7, 11) is 0. The molecule has 1 atom stereocenters. The summed E-state index contributed by atoms with van der Waals surface area (Å²) in [6.07, 6.45) is 15.4. The molecule has 2 aliphatic carbocycles. The first-order valence-corrected chi connectivity index (χ1v) is 5.33. The van der Waals surface area contributed by atoms with Crippen LogP contribution in [0.4, 0.5) is 0 Å². The second kappa shape index (κ2) is 3.46. The molecule has 0 fully saturated rings. The Kier molecular flexibility index (Phi) is 2.33. The number of rotatable bonds is 2. The van der Waals surface area contributed by atoms with E-state index in [1.807, 2.05) is 0 Å². The van der Waals surface area contributed by atoms with Gasteiger partial charge in [0.1, 0.15) is 0 Å². The summed E-state index contributed by atoms with van der Waals surface area (Å²) in [6.45, 7) is 2.21. The molecule has 1 unspecified atom stereocenters. The molecule has 0 aliphatic heterocycles. The van der Waals surface area contributed by atoms with Crippen LogP contribution in [0.25, 0.3) is 0 Å². The quantitative estimate of drug-likeness (QED) is 0.646. The molecule has 0 N–H and O–H groups in total. The Bertz CT molecular complexity index is 269. The first-order valence-electron chi connectivity index (χ1n) is 4.13. The summed E-state index contributed by atoms with van der Waals surface area (Å²) < 4.78 is 0. The summed E-state index contributed by atoms with van der Waals surface area (Å²) in [4.78, 5) is 1.29. The molecule has 0 amide bonds. The second-order valence-electron chi connectivity index (χ2n) is 2.97. The Morgan fingerprint density at radius 3 is 2.42 bits per heavy atom. The monoisotopic (exact) mass is 203 g/mol. The summed E-state index contributed by atoms with van der Waals surface area (Å²) >= 11 is 1.52. The topological polar surface area (TPSA) is 0 Å². The average molecular weight is 203 g/mol. The van der Waals surface area contributed by atoms with Crippen LogP contribution < -0.4 is 0 Å². The van der Waals surface area contributed by atoms with Crippen LogP contribution in [0.3, 0.4) is 0 Å². The fourth-order valence-corrected chi connectivity index (χ4v) is 2.77. The van der Waals surface area contributed by atoms with Crippen molar-refractivity contribution < 1.29 is 14.7 Å². The predicted molar refractivity (Wildman–Crippen MR) is 48.7 cm³/mol. The van der Waals surface area contributed by atoms with Crippen molar-refractivity contribution in [1.82, 2.24) is 0 Å². The zero-order valence-corrected chi connectivity index (χ0v) is 8.07. The zero-order valence-electron chi connectivity index (χ0n) is 7.03. The van der Waals surface area contributed by atoms with Crippen molar-refractivity contribution in [2.24, 2.45) is 0 Å². The second-order valence-corrected chi connectivity index (χ2v) is 4.65. The third kappa shape index (κ3) is 1.62. The molecular formula is C11H12Co. The molecule has 0 saturated heterocycles. The van der Waals surface area contributed by atoms with Gasteiger partial charge < -0.3 is 0 Å². The molecule has 0 aromatic carbocycles. The van der Waals surface area contributed by atoms with E-state index in [4.69, 9.17) is 0 Å². The Morgan fingerprint density at radius 2 is 1.83 bits per heavy atom. The number of allylic oxidation sites excluding steroid dienone is 8. The Morgan fingerprint density at radius 1 is 1.08 bits per heavy atom. The van der Waals surface area contributed by atoms with Crippen molar-refractivity contribution in [1.29, 1.82) is 0 Å². The van der Waals surface area contributed by atoms with Crippen LogP contribution in [0.1, 0.15) is 6.92 Å². The van der Waals surface area contributed by atoms with Gasteiger partial charge in [0.15, 0.2) is 0 Å². The van der Waals surface area contributed by atoms with Crippen molar-refractivity contribution in [2.75, 3.05) is 0 Å². The van der Waals surface area contributed by atoms with Crippen LogP contribution >= 0.6 is 0 Å². The van der Waals surface area contributed by atoms with E-state index in [1.54, 1.807) is 0 Å². The van der Waals surface area contributed by atoms with Gasteiger partial charge in [-0.3, -0.25) is 0 Å². The maximum absolute atomic E-state index is 2.29. The van der Waals surface area contributed by atoms with Gasteiger partial charge in [0, 0.05) is 0 Å². The summed E-state index contributed by atoms with van der Waals surface area (Å²) in [5.74, 6) is 0. The average Bonchev–Trinajstić information content (AvgIpc) is 2.65. The Balaban J connectivity index is 1.95. The van der Waals surface area contributed by atoms with E-state index in [0.29, 0.717) is 9.70 Å². The Labute approximate surface area is 79.7 Å². The van der Waals surface area contributed by atoms with E-state index in [-0.39, 0.29) is 0 Å². The van der Waals surface area contributed by atoms with Gasteiger partial charge in [0.25, 0.3) is 0 Å². The van der Waals surface area contributed by atoms with E-state index >= 15 is 0 Å². The van der Waals surface area contributed by atoms with Gasteiger partial charge in [-0.2, -0.15) is 0 Å². The normalized spacial score (nSPS) is 27.4. The van der Waals surface area contributed by atoms with Gasteiger partial charge in [0.2, 0.25) is 0 Å². The minimum absolute atomic E-state index is 0.636. The van der Waals surface area contributed by atoms with E-state index in [9.17, 15) is 0 Å². The van der Waals surface area contributed by atoms with E-state index in [1.165, 1.54) is 20.3 Å². The van der Waals surface area contributed by atoms with E-state index < -0.39 is 0 Å².